The van der Waals surface area contributed by atoms with Crippen LogP contribution in [-0.2, 0) is 4.79 Å². The number of aryl methyl sites for hydroxylation is 2. The van der Waals surface area contributed by atoms with Crippen LogP contribution in [0.4, 0.5) is 11.5 Å². The quantitative estimate of drug-likeness (QED) is 0.887. The minimum Gasteiger partial charge on any atom is -0.367 e. The van der Waals surface area contributed by atoms with Crippen molar-refractivity contribution in [2.45, 2.75) is 20.3 Å². The summed E-state index contributed by atoms with van der Waals surface area (Å²) in [5.41, 5.74) is 1.71. The highest BCUT2D eigenvalue weighted by Crippen LogP contribution is 2.20. The van der Waals surface area contributed by atoms with Crippen LogP contribution >= 0.6 is 11.6 Å². The summed E-state index contributed by atoms with van der Waals surface area (Å²) in [5, 5.41) is 10.2. The fourth-order valence-electron chi connectivity index (χ4n) is 1.70. The van der Waals surface area contributed by atoms with Crippen LogP contribution in [0, 0.1) is 13.8 Å². The Bertz CT molecular complexity index is 610. The summed E-state index contributed by atoms with van der Waals surface area (Å²) in [6, 6.07) is 7.18. The number of rotatable bonds is 5. The van der Waals surface area contributed by atoms with Crippen molar-refractivity contribution in [1.82, 2.24) is 5.16 Å². The second-order valence-electron chi connectivity index (χ2n) is 4.51. The number of aromatic nitrogens is 1. The highest BCUT2D eigenvalue weighted by molar-refractivity contribution is 6.31. The van der Waals surface area contributed by atoms with Gasteiger partial charge in [0.05, 0.1) is 0 Å². The third kappa shape index (κ3) is 3.99. The molecule has 6 heteroatoms. The van der Waals surface area contributed by atoms with Gasteiger partial charge in [0.2, 0.25) is 5.91 Å². The van der Waals surface area contributed by atoms with E-state index in [1.807, 2.05) is 19.9 Å². The van der Waals surface area contributed by atoms with Crippen LogP contribution in [0.15, 0.2) is 28.8 Å². The Kier molecular flexibility index (Phi) is 4.63. The lowest BCUT2D eigenvalue weighted by molar-refractivity contribution is -0.115. The Morgan fingerprint density at radius 2 is 2.15 bits per heavy atom. The van der Waals surface area contributed by atoms with Crippen LogP contribution < -0.4 is 10.6 Å². The summed E-state index contributed by atoms with van der Waals surface area (Å²) in [6.07, 6.45) is 0.331. The molecule has 2 aromatic rings. The SMILES string of the molecule is Cc1cc(NCCC(=O)Nc2cc(Cl)ccc2C)no1. The highest BCUT2D eigenvalue weighted by Gasteiger charge is 2.06. The molecule has 2 rings (SSSR count). The first-order chi connectivity index (χ1) is 9.54. The van der Waals surface area contributed by atoms with Crippen molar-refractivity contribution >= 4 is 29.0 Å². The Balaban J connectivity index is 1.82. The predicted molar refractivity (Wildman–Crippen MR) is 79.2 cm³/mol. The standard InChI is InChI=1S/C14H16ClN3O2/c1-9-3-4-11(15)8-12(9)17-14(19)5-6-16-13-7-10(2)20-18-13/h3-4,7-8H,5-6H2,1-2H3,(H,16,18)(H,17,19). The molecule has 0 aliphatic heterocycles. The highest BCUT2D eigenvalue weighted by atomic mass is 35.5. The maximum atomic E-state index is 11.8. The molecule has 0 fully saturated rings. The molecule has 0 aliphatic rings. The zero-order valence-corrected chi connectivity index (χ0v) is 12.1. The van der Waals surface area contributed by atoms with Gasteiger partial charge in [0, 0.05) is 29.7 Å². The zero-order valence-electron chi connectivity index (χ0n) is 11.4. The van der Waals surface area contributed by atoms with Gasteiger partial charge < -0.3 is 15.2 Å². The Morgan fingerprint density at radius 3 is 2.85 bits per heavy atom. The first-order valence-electron chi connectivity index (χ1n) is 6.28. The Hall–Kier alpha value is -2.01. The monoisotopic (exact) mass is 293 g/mol. The van der Waals surface area contributed by atoms with Gasteiger partial charge >= 0.3 is 0 Å². The normalized spacial score (nSPS) is 10.3. The van der Waals surface area contributed by atoms with Crippen molar-refractivity contribution in [2.75, 3.05) is 17.2 Å². The smallest absolute Gasteiger partial charge is 0.226 e. The number of hydrogen-bond acceptors (Lipinski definition) is 4. The lowest BCUT2D eigenvalue weighted by atomic mass is 10.2. The van der Waals surface area contributed by atoms with E-state index < -0.39 is 0 Å². The van der Waals surface area contributed by atoms with Gasteiger partial charge in [0.25, 0.3) is 0 Å². The van der Waals surface area contributed by atoms with Gasteiger partial charge in [-0.25, -0.2) is 0 Å². The summed E-state index contributed by atoms with van der Waals surface area (Å²) >= 11 is 5.90. The summed E-state index contributed by atoms with van der Waals surface area (Å²) in [4.78, 5) is 11.8. The van der Waals surface area contributed by atoms with Crippen LogP contribution in [0.5, 0.6) is 0 Å². The van der Waals surface area contributed by atoms with Crippen LogP contribution in [-0.4, -0.2) is 17.6 Å². The molecular weight excluding hydrogens is 278 g/mol. The van der Waals surface area contributed by atoms with Gasteiger partial charge in [0.1, 0.15) is 5.76 Å². The van der Waals surface area contributed by atoms with E-state index in [0.717, 1.165) is 17.0 Å². The average molecular weight is 294 g/mol. The minimum absolute atomic E-state index is 0.0805. The van der Waals surface area contributed by atoms with E-state index in [0.29, 0.717) is 23.8 Å². The number of halogens is 1. The Labute approximate surface area is 122 Å². The molecule has 0 spiro atoms. The number of amides is 1. The van der Waals surface area contributed by atoms with Gasteiger partial charge in [-0.3, -0.25) is 4.79 Å². The van der Waals surface area contributed by atoms with Crippen LogP contribution in [0.2, 0.25) is 5.02 Å². The molecule has 1 aromatic carbocycles. The Morgan fingerprint density at radius 1 is 1.35 bits per heavy atom. The molecule has 2 N–H and O–H groups in total. The molecule has 0 radical (unpaired) electrons. The summed E-state index contributed by atoms with van der Waals surface area (Å²) in [6.45, 7) is 4.21. The zero-order chi connectivity index (χ0) is 14.5. The molecule has 106 valence electrons. The predicted octanol–water partition coefficient (Wildman–Crippen LogP) is 3.39. The summed E-state index contributed by atoms with van der Waals surface area (Å²) in [5.74, 6) is 1.28. The number of nitrogens with one attached hydrogen (secondary N) is 2. The van der Waals surface area contributed by atoms with Gasteiger partial charge in [-0.1, -0.05) is 22.8 Å². The largest absolute Gasteiger partial charge is 0.367 e. The van der Waals surface area contributed by atoms with E-state index in [1.165, 1.54) is 0 Å². The first kappa shape index (κ1) is 14.4. The van der Waals surface area contributed by atoms with E-state index in [2.05, 4.69) is 15.8 Å². The maximum Gasteiger partial charge on any atom is 0.226 e. The lowest BCUT2D eigenvalue weighted by Crippen LogP contribution is -2.16. The topological polar surface area (TPSA) is 67.2 Å². The van der Waals surface area contributed by atoms with Crippen LogP contribution in [0.25, 0.3) is 0 Å². The fraction of sp³-hybridized carbons (Fsp3) is 0.286. The number of carbonyl (C=O) groups excluding carboxylic acids is 1. The van der Waals surface area contributed by atoms with Gasteiger partial charge in [-0.15, -0.1) is 0 Å². The summed E-state index contributed by atoms with van der Waals surface area (Å²) in [7, 11) is 0. The molecule has 0 aliphatic carbocycles. The summed E-state index contributed by atoms with van der Waals surface area (Å²) < 4.78 is 4.92. The number of carbonyl (C=O) groups is 1. The van der Waals surface area contributed by atoms with Crippen LogP contribution in [0.3, 0.4) is 0 Å². The lowest BCUT2D eigenvalue weighted by Gasteiger charge is -2.09. The van der Waals surface area contributed by atoms with Gasteiger partial charge in [-0.05, 0) is 31.5 Å². The maximum absolute atomic E-state index is 11.8. The van der Waals surface area contributed by atoms with Crippen molar-refractivity contribution in [3.05, 3.63) is 40.6 Å². The molecule has 5 nitrogen and oxygen atoms in total. The second-order valence-corrected chi connectivity index (χ2v) is 4.94. The average Bonchev–Trinajstić information content (AvgIpc) is 2.80. The number of hydrogen-bond donors (Lipinski definition) is 2. The molecule has 1 heterocycles. The molecule has 1 aromatic heterocycles. The van der Waals surface area contributed by atoms with Crippen molar-refractivity contribution in [1.29, 1.82) is 0 Å². The minimum atomic E-state index is -0.0805. The van der Waals surface area contributed by atoms with E-state index in [4.69, 9.17) is 16.1 Å². The van der Waals surface area contributed by atoms with Crippen molar-refractivity contribution in [2.24, 2.45) is 0 Å². The first-order valence-corrected chi connectivity index (χ1v) is 6.65. The number of anilines is 2. The molecule has 0 unspecified atom stereocenters. The second kappa shape index (κ2) is 6.43. The van der Waals surface area contributed by atoms with Crippen LogP contribution in [0.1, 0.15) is 17.7 Å². The van der Waals surface area contributed by atoms with Crippen molar-refractivity contribution in [3.8, 4) is 0 Å². The third-order valence-corrected chi connectivity index (χ3v) is 2.99. The number of nitrogens with zero attached hydrogens (tertiary/aromatic N) is 1. The molecule has 0 saturated heterocycles. The third-order valence-electron chi connectivity index (χ3n) is 2.76. The molecule has 0 bridgehead atoms. The van der Waals surface area contributed by atoms with Crippen molar-refractivity contribution < 1.29 is 9.32 Å². The van der Waals surface area contributed by atoms with Gasteiger partial charge in [-0.2, -0.15) is 0 Å². The molecule has 0 saturated carbocycles. The van der Waals surface area contributed by atoms with Gasteiger partial charge in [0.15, 0.2) is 5.82 Å². The fourth-order valence-corrected chi connectivity index (χ4v) is 1.87. The van der Waals surface area contributed by atoms with Crippen molar-refractivity contribution in [3.63, 3.8) is 0 Å². The van der Waals surface area contributed by atoms with E-state index >= 15 is 0 Å². The van der Waals surface area contributed by atoms with E-state index in [1.54, 1.807) is 18.2 Å². The van der Waals surface area contributed by atoms with E-state index in [9.17, 15) is 4.79 Å². The molecule has 0 atom stereocenters. The molecule has 1 amide bonds. The number of benzene rings is 1. The van der Waals surface area contributed by atoms with E-state index in [-0.39, 0.29) is 5.91 Å². The molecular formula is C14H16ClN3O2. The molecule has 20 heavy (non-hydrogen) atoms.